The summed E-state index contributed by atoms with van der Waals surface area (Å²) in [7, 11) is 0. The lowest BCUT2D eigenvalue weighted by atomic mass is 10.1. The molecule has 1 unspecified atom stereocenters. The summed E-state index contributed by atoms with van der Waals surface area (Å²) < 4.78 is 0. The van der Waals surface area contributed by atoms with Gasteiger partial charge < -0.3 is 5.32 Å². The van der Waals surface area contributed by atoms with Gasteiger partial charge in [0, 0.05) is 12.5 Å². The summed E-state index contributed by atoms with van der Waals surface area (Å²) in [6.45, 7) is 8.90. The number of amides is 1. The molecule has 1 N–H and O–H groups in total. The van der Waals surface area contributed by atoms with Gasteiger partial charge in [0.25, 0.3) is 0 Å². The highest BCUT2D eigenvalue weighted by atomic mass is 16.1. The van der Waals surface area contributed by atoms with E-state index >= 15 is 0 Å². The van der Waals surface area contributed by atoms with Crippen molar-refractivity contribution in [3.63, 3.8) is 0 Å². The highest BCUT2D eigenvalue weighted by Gasteiger charge is 2.06. The molecule has 1 amide bonds. The summed E-state index contributed by atoms with van der Waals surface area (Å²) in [6.07, 6.45) is 1.12. The van der Waals surface area contributed by atoms with E-state index in [9.17, 15) is 4.79 Å². The van der Waals surface area contributed by atoms with E-state index in [0.29, 0.717) is 5.92 Å². The lowest BCUT2D eigenvalue weighted by Crippen LogP contribution is -2.31. The van der Waals surface area contributed by atoms with Gasteiger partial charge in [-0.1, -0.05) is 34.1 Å². The first-order valence-electron chi connectivity index (χ1n) is 4.35. The van der Waals surface area contributed by atoms with Gasteiger partial charge in [-0.25, -0.2) is 0 Å². The Hall–Kier alpha value is -0.530. The van der Waals surface area contributed by atoms with E-state index in [0.717, 1.165) is 13.0 Å². The van der Waals surface area contributed by atoms with Crippen molar-refractivity contribution in [2.45, 2.75) is 34.1 Å². The van der Waals surface area contributed by atoms with Crippen molar-refractivity contribution in [2.24, 2.45) is 11.8 Å². The monoisotopic (exact) mass is 157 g/mol. The Labute approximate surface area is 69.4 Å². The van der Waals surface area contributed by atoms with E-state index in [4.69, 9.17) is 0 Å². The summed E-state index contributed by atoms with van der Waals surface area (Å²) >= 11 is 0. The van der Waals surface area contributed by atoms with Gasteiger partial charge in [0.1, 0.15) is 0 Å². The number of hydrogen-bond acceptors (Lipinski definition) is 1. The molecular weight excluding hydrogens is 138 g/mol. The van der Waals surface area contributed by atoms with Crippen molar-refractivity contribution in [2.75, 3.05) is 6.54 Å². The molecule has 0 spiro atoms. The first-order chi connectivity index (χ1) is 5.07. The first kappa shape index (κ1) is 10.5. The molecule has 2 nitrogen and oxygen atoms in total. The van der Waals surface area contributed by atoms with Crippen LogP contribution in [-0.4, -0.2) is 12.5 Å². The van der Waals surface area contributed by atoms with Gasteiger partial charge in [0.2, 0.25) is 5.91 Å². The minimum absolute atomic E-state index is 0.110. The molecular formula is C9H19NO. The fraction of sp³-hybridized carbons (Fsp3) is 0.889. The number of carbonyl (C=O) groups excluding carboxylic acids is 1. The summed E-state index contributed by atoms with van der Waals surface area (Å²) in [6, 6.07) is 0. The Bertz CT molecular complexity index is 121. The van der Waals surface area contributed by atoms with Crippen molar-refractivity contribution in [1.29, 1.82) is 0 Å². The Morgan fingerprint density at radius 2 is 1.91 bits per heavy atom. The van der Waals surface area contributed by atoms with Gasteiger partial charge in [0.15, 0.2) is 0 Å². The van der Waals surface area contributed by atoms with E-state index in [1.54, 1.807) is 0 Å². The third-order valence-corrected chi connectivity index (χ3v) is 1.85. The van der Waals surface area contributed by atoms with Crippen molar-refractivity contribution in [3.05, 3.63) is 0 Å². The summed E-state index contributed by atoms with van der Waals surface area (Å²) in [5.74, 6) is 0.863. The molecule has 0 bridgehead atoms. The summed E-state index contributed by atoms with van der Waals surface area (Å²) in [5.41, 5.74) is 0. The molecule has 0 saturated heterocycles. The number of rotatable bonds is 4. The maximum absolute atomic E-state index is 11.1. The topological polar surface area (TPSA) is 29.1 Å². The van der Waals surface area contributed by atoms with E-state index in [-0.39, 0.29) is 11.8 Å². The van der Waals surface area contributed by atoms with Crippen molar-refractivity contribution in [3.8, 4) is 0 Å². The molecule has 0 saturated carbocycles. The summed E-state index contributed by atoms with van der Waals surface area (Å²) in [5, 5.41) is 2.89. The zero-order valence-electron chi connectivity index (χ0n) is 7.98. The molecule has 1 atom stereocenters. The first-order valence-corrected chi connectivity index (χ1v) is 4.35. The van der Waals surface area contributed by atoms with Gasteiger partial charge in [-0.15, -0.1) is 0 Å². The van der Waals surface area contributed by atoms with Crippen LogP contribution in [0.25, 0.3) is 0 Å². The number of hydrogen-bond donors (Lipinski definition) is 1. The normalized spacial score (nSPS) is 13.2. The quantitative estimate of drug-likeness (QED) is 0.662. The zero-order valence-corrected chi connectivity index (χ0v) is 7.98. The standard InChI is InChI=1S/C9H19NO/c1-5-8(4)6-10-9(11)7(2)3/h7-8H,5-6H2,1-4H3,(H,10,11). The fourth-order valence-corrected chi connectivity index (χ4v) is 0.623. The van der Waals surface area contributed by atoms with Gasteiger partial charge in [0.05, 0.1) is 0 Å². The zero-order chi connectivity index (χ0) is 8.85. The van der Waals surface area contributed by atoms with Gasteiger partial charge in [-0.05, 0) is 5.92 Å². The molecule has 0 aliphatic rings. The lowest BCUT2D eigenvalue weighted by molar-refractivity contribution is -0.124. The smallest absolute Gasteiger partial charge is 0.222 e. The molecule has 0 aromatic heterocycles. The van der Waals surface area contributed by atoms with Crippen molar-refractivity contribution in [1.82, 2.24) is 5.32 Å². The van der Waals surface area contributed by atoms with Crippen LogP contribution in [0.15, 0.2) is 0 Å². The molecule has 0 heterocycles. The van der Waals surface area contributed by atoms with Crippen LogP contribution in [0.4, 0.5) is 0 Å². The second kappa shape index (κ2) is 5.16. The predicted octanol–water partition coefficient (Wildman–Crippen LogP) is 1.80. The number of nitrogens with one attached hydrogen (secondary N) is 1. The fourth-order valence-electron chi connectivity index (χ4n) is 0.623. The average Bonchev–Trinajstić information content (AvgIpc) is 1.99. The Kier molecular flexibility index (Phi) is 4.92. The van der Waals surface area contributed by atoms with Crippen LogP contribution in [-0.2, 0) is 4.79 Å². The second-order valence-electron chi connectivity index (χ2n) is 3.41. The molecule has 2 heteroatoms. The van der Waals surface area contributed by atoms with E-state index < -0.39 is 0 Å². The van der Waals surface area contributed by atoms with Crippen LogP contribution in [0.1, 0.15) is 34.1 Å². The molecule has 0 aromatic rings. The SMILES string of the molecule is CCC(C)CNC(=O)C(C)C. The molecule has 0 aromatic carbocycles. The molecule has 0 aliphatic carbocycles. The van der Waals surface area contributed by atoms with Crippen LogP contribution in [0.2, 0.25) is 0 Å². The van der Waals surface area contributed by atoms with Crippen molar-refractivity contribution >= 4 is 5.91 Å². The molecule has 0 aliphatic heterocycles. The minimum atomic E-state index is 0.110. The van der Waals surface area contributed by atoms with Crippen LogP contribution < -0.4 is 5.32 Å². The maximum atomic E-state index is 11.1. The Morgan fingerprint density at radius 1 is 1.36 bits per heavy atom. The maximum Gasteiger partial charge on any atom is 0.222 e. The molecule has 0 fully saturated rings. The third kappa shape index (κ3) is 4.82. The second-order valence-corrected chi connectivity index (χ2v) is 3.41. The average molecular weight is 157 g/mol. The lowest BCUT2D eigenvalue weighted by Gasteiger charge is -2.11. The molecule has 0 rings (SSSR count). The van der Waals surface area contributed by atoms with Crippen LogP contribution in [0, 0.1) is 11.8 Å². The van der Waals surface area contributed by atoms with E-state index in [1.165, 1.54) is 0 Å². The highest BCUT2D eigenvalue weighted by Crippen LogP contribution is 1.98. The van der Waals surface area contributed by atoms with Crippen molar-refractivity contribution < 1.29 is 4.79 Å². The van der Waals surface area contributed by atoms with Crippen LogP contribution in [0.3, 0.4) is 0 Å². The van der Waals surface area contributed by atoms with E-state index in [1.807, 2.05) is 13.8 Å². The molecule has 11 heavy (non-hydrogen) atoms. The van der Waals surface area contributed by atoms with Gasteiger partial charge in [-0.3, -0.25) is 4.79 Å². The highest BCUT2D eigenvalue weighted by molar-refractivity contribution is 5.77. The Morgan fingerprint density at radius 3 is 2.27 bits per heavy atom. The van der Waals surface area contributed by atoms with E-state index in [2.05, 4.69) is 19.2 Å². The van der Waals surface area contributed by atoms with Crippen LogP contribution >= 0.6 is 0 Å². The van der Waals surface area contributed by atoms with Gasteiger partial charge >= 0.3 is 0 Å². The third-order valence-electron chi connectivity index (χ3n) is 1.85. The largest absolute Gasteiger partial charge is 0.356 e. The summed E-state index contributed by atoms with van der Waals surface area (Å²) in [4.78, 5) is 11.1. The predicted molar refractivity (Wildman–Crippen MR) is 47.3 cm³/mol. The van der Waals surface area contributed by atoms with Crippen LogP contribution in [0.5, 0.6) is 0 Å². The molecule has 0 radical (unpaired) electrons. The molecule has 66 valence electrons. The minimum Gasteiger partial charge on any atom is -0.356 e. The Balaban J connectivity index is 3.46. The van der Waals surface area contributed by atoms with Gasteiger partial charge in [-0.2, -0.15) is 0 Å². The number of carbonyl (C=O) groups is 1.